The van der Waals surface area contributed by atoms with Gasteiger partial charge < -0.3 is 51.9 Å². The van der Waals surface area contributed by atoms with Gasteiger partial charge in [-0.3, -0.25) is 0 Å². The highest BCUT2D eigenvalue weighted by Gasteiger charge is 2.44. The average molecular weight is 409 g/mol. The fourth-order valence-corrected chi connectivity index (χ4v) is 2.39. The van der Waals surface area contributed by atoms with E-state index >= 15 is 0 Å². The summed E-state index contributed by atoms with van der Waals surface area (Å²) in [6, 6.07) is 3.26. The number of nitrogens with zero attached hydrogens (tertiary/aromatic N) is 2. The van der Waals surface area contributed by atoms with Crippen LogP contribution in [0.3, 0.4) is 0 Å². The first-order valence-corrected chi connectivity index (χ1v) is 8.04. The van der Waals surface area contributed by atoms with Gasteiger partial charge >= 0.3 is 6.09 Å². The van der Waals surface area contributed by atoms with Crippen LogP contribution in [0.25, 0.3) is 0 Å². The van der Waals surface area contributed by atoms with Crippen LogP contribution in [-0.4, -0.2) is 82.8 Å². The second-order valence-corrected chi connectivity index (χ2v) is 6.24. The van der Waals surface area contributed by atoms with E-state index in [0.717, 1.165) is 0 Å². The van der Waals surface area contributed by atoms with Crippen LogP contribution >= 0.6 is 0 Å². The third kappa shape index (κ3) is 5.72. The molecule has 4 N–H and O–H groups in total. The Labute approximate surface area is 162 Å². The van der Waals surface area contributed by atoms with Crippen LogP contribution in [0, 0.1) is 0 Å². The van der Waals surface area contributed by atoms with Gasteiger partial charge in [-0.25, -0.2) is 4.79 Å². The van der Waals surface area contributed by atoms with E-state index in [9.17, 15) is 25.2 Å². The van der Waals surface area contributed by atoms with Crippen LogP contribution in [0.4, 0.5) is 4.79 Å². The van der Waals surface area contributed by atoms with Gasteiger partial charge in [0.25, 0.3) is 0 Å². The molecule has 0 radical (unpaired) electrons. The molecule has 5 atom stereocenters. The number of aryl methyl sites for hydroxylation is 1. The van der Waals surface area contributed by atoms with Gasteiger partial charge in [0.1, 0.15) is 38.1 Å². The first-order valence-electron chi connectivity index (χ1n) is 8.04. The summed E-state index contributed by atoms with van der Waals surface area (Å²) < 4.78 is 17.6. The molecule has 1 aliphatic heterocycles. The van der Waals surface area contributed by atoms with Gasteiger partial charge in [-0.15, -0.1) is 0 Å². The van der Waals surface area contributed by atoms with Gasteiger partial charge in [0.15, 0.2) is 12.0 Å². The molecule has 2 heterocycles. The average Bonchev–Trinajstić information content (AvgIpc) is 2.60. The van der Waals surface area contributed by atoms with E-state index in [-0.39, 0.29) is 19.0 Å². The van der Waals surface area contributed by atoms with Crippen LogP contribution in [-0.2, 0) is 23.1 Å². The number of hydrogen-bond donors (Lipinski definition) is 4. The van der Waals surface area contributed by atoms with Crippen LogP contribution in [0.15, 0.2) is 18.3 Å². The Morgan fingerprint density at radius 2 is 1.89 bits per heavy atom. The molecule has 1 aliphatic rings. The molecule has 1 fully saturated rings. The summed E-state index contributed by atoms with van der Waals surface area (Å²) in [6.45, 7) is -0.508. The van der Waals surface area contributed by atoms with Crippen LogP contribution in [0.1, 0.15) is 5.69 Å². The molecule has 0 spiro atoms. The minimum atomic E-state index is -1.49. The van der Waals surface area contributed by atoms with Gasteiger partial charge in [-0.1, -0.05) is 0 Å². The molecule has 154 valence electrons. The van der Waals surface area contributed by atoms with Crippen molar-refractivity contribution in [2.45, 2.75) is 37.3 Å². The van der Waals surface area contributed by atoms with Gasteiger partial charge in [-0.2, -0.15) is 4.57 Å². The number of rotatable bonds is 5. The third-order valence-corrected chi connectivity index (χ3v) is 4.03. The zero-order valence-corrected chi connectivity index (χ0v) is 16.0. The summed E-state index contributed by atoms with van der Waals surface area (Å²) >= 11 is 0. The summed E-state index contributed by atoms with van der Waals surface area (Å²) in [6.07, 6.45) is -5.54. The smallest absolute Gasteiger partial charge is 0.414 e. The number of carbonyl (C=O) groups is 1. The number of aliphatic hydroxyl groups is 4. The Hall–Kier alpha value is -1.53. The molecular weight excluding hydrogens is 384 g/mol. The van der Waals surface area contributed by atoms with Crippen molar-refractivity contribution in [3.05, 3.63) is 24.0 Å². The number of pyridine rings is 1. The van der Waals surface area contributed by atoms with Gasteiger partial charge in [0.05, 0.1) is 6.61 Å². The lowest BCUT2D eigenvalue weighted by molar-refractivity contribution is -0.681. The molecule has 1 saturated heterocycles. The second-order valence-electron chi connectivity index (χ2n) is 6.24. The zero-order chi connectivity index (χ0) is 19.4. The highest BCUT2D eigenvalue weighted by Crippen LogP contribution is 2.22. The normalized spacial score (nSPS) is 27.6. The minimum absolute atomic E-state index is 0. The maximum absolute atomic E-state index is 11.6. The topological polar surface area (TPSA) is 133 Å². The maximum Gasteiger partial charge on any atom is 0.414 e. The van der Waals surface area contributed by atoms with Crippen LogP contribution < -0.4 is 21.7 Å². The molecule has 27 heavy (non-hydrogen) atoms. The number of hydrogen-bond acceptors (Lipinski definition) is 8. The van der Waals surface area contributed by atoms with Gasteiger partial charge in [0.2, 0.25) is 11.9 Å². The van der Waals surface area contributed by atoms with Crippen molar-refractivity contribution in [1.29, 1.82) is 0 Å². The van der Waals surface area contributed by atoms with Crippen molar-refractivity contribution >= 4 is 6.09 Å². The van der Waals surface area contributed by atoms with E-state index in [1.54, 1.807) is 44.0 Å². The summed E-state index contributed by atoms with van der Waals surface area (Å²) in [4.78, 5) is 12.9. The van der Waals surface area contributed by atoms with Crippen molar-refractivity contribution in [2.75, 3.05) is 20.7 Å². The Balaban J connectivity index is 0.00000364. The molecule has 11 heteroatoms. The molecule has 0 aromatic carbocycles. The molecular formula is C16H25ClN2O8. The number of amides is 1. The minimum Gasteiger partial charge on any atom is -1.00 e. The van der Waals surface area contributed by atoms with E-state index in [1.807, 2.05) is 0 Å². The molecule has 0 unspecified atom stereocenters. The second kappa shape index (κ2) is 10.1. The molecule has 1 amide bonds. The Bertz CT molecular complexity index is 630. The lowest BCUT2D eigenvalue weighted by Crippen LogP contribution is -3.00. The van der Waals surface area contributed by atoms with Crippen molar-refractivity contribution in [3.8, 4) is 5.75 Å². The SMILES string of the molecule is CN(C)C(=O)Oc1ccc(CO[C@H]2O[C@H](CO)[C@@H](O)[C@H](O)[C@H]2O)[n+](C)c1.[Cl-]. The summed E-state index contributed by atoms with van der Waals surface area (Å²) in [7, 11) is 4.87. The zero-order valence-electron chi connectivity index (χ0n) is 15.2. The fraction of sp³-hybridized carbons (Fsp3) is 0.625. The number of ether oxygens (including phenoxy) is 3. The first kappa shape index (κ1) is 23.5. The van der Waals surface area contributed by atoms with E-state index in [4.69, 9.17) is 14.2 Å². The molecule has 1 aromatic heterocycles. The molecule has 0 aliphatic carbocycles. The monoisotopic (exact) mass is 408 g/mol. The van der Waals surface area contributed by atoms with Crippen LogP contribution in [0.2, 0.25) is 0 Å². The summed E-state index contributed by atoms with van der Waals surface area (Å²) in [5.41, 5.74) is 0.673. The summed E-state index contributed by atoms with van der Waals surface area (Å²) in [5.74, 6) is 0.350. The van der Waals surface area contributed by atoms with E-state index in [1.165, 1.54) is 4.90 Å². The molecule has 0 saturated carbocycles. The maximum atomic E-state index is 11.6. The first-order chi connectivity index (χ1) is 12.2. The Morgan fingerprint density at radius 1 is 1.22 bits per heavy atom. The Kier molecular flexibility index (Phi) is 8.82. The van der Waals surface area contributed by atoms with E-state index in [0.29, 0.717) is 11.4 Å². The third-order valence-electron chi connectivity index (χ3n) is 4.03. The summed E-state index contributed by atoms with van der Waals surface area (Å²) in [5, 5.41) is 38.6. The standard InChI is InChI=1S/C16H25N2O8.ClH/c1-17(2)16(23)25-10-5-4-9(18(3)6-10)8-24-15-14(22)13(21)12(20)11(7-19)26-15;/h4-6,11-15,19-22H,7-8H2,1-3H3;1H/q+1;/p-1/t11-,12-,13+,14-,15+;/m1./s1. The lowest BCUT2D eigenvalue weighted by atomic mass is 9.99. The largest absolute Gasteiger partial charge is 1.00 e. The molecule has 10 nitrogen and oxygen atoms in total. The lowest BCUT2D eigenvalue weighted by Gasteiger charge is -2.39. The quantitative estimate of drug-likeness (QED) is 0.356. The highest BCUT2D eigenvalue weighted by molar-refractivity contribution is 5.69. The van der Waals surface area contributed by atoms with E-state index < -0.39 is 43.4 Å². The molecule has 2 rings (SSSR count). The molecule has 0 bridgehead atoms. The van der Waals surface area contributed by atoms with Gasteiger partial charge in [-0.05, 0) is 6.07 Å². The van der Waals surface area contributed by atoms with E-state index in [2.05, 4.69) is 0 Å². The fourth-order valence-electron chi connectivity index (χ4n) is 2.39. The number of halogens is 1. The van der Waals surface area contributed by atoms with Crippen molar-refractivity contribution < 1.29 is 56.4 Å². The van der Waals surface area contributed by atoms with Crippen LogP contribution in [0.5, 0.6) is 5.75 Å². The number of aliphatic hydroxyl groups excluding tert-OH is 4. The van der Waals surface area contributed by atoms with Crippen molar-refractivity contribution in [3.63, 3.8) is 0 Å². The Morgan fingerprint density at radius 3 is 2.44 bits per heavy atom. The van der Waals surface area contributed by atoms with Gasteiger partial charge in [0, 0.05) is 20.2 Å². The highest BCUT2D eigenvalue weighted by atomic mass is 35.5. The van der Waals surface area contributed by atoms with Crippen molar-refractivity contribution in [1.82, 2.24) is 4.90 Å². The predicted octanol–water partition coefficient (Wildman–Crippen LogP) is -5.11. The number of carbonyl (C=O) groups excluding carboxylic acids is 1. The molecule has 1 aromatic rings. The number of aromatic nitrogens is 1. The van der Waals surface area contributed by atoms with Crippen molar-refractivity contribution in [2.24, 2.45) is 7.05 Å². The predicted molar refractivity (Wildman–Crippen MR) is 85.9 cm³/mol.